The standard InChI is InChI=1S/C13H20N2O3/c1-13(6-3-7-18-13)9-14-8-10-4-5-11(15-10)12(16)17-2/h4-5,14-15H,3,6-9H2,1-2H3. The average Bonchev–Trinajstić information content (AvgIpc) is 2.98. The molecule has 1 aliphatic heterocycles. The second-order valence-corrected chi connectivity index (χ2v) is 4.89. The molecule has 1 aliphatic rings. The van der Waals surface area contributed by atoms with Gasteiger partial charge in [-0.05, 0) is 31.9 Å². The van der Waals surface area contributed by atoms with Gasteiger partial charge in [0.15, 0.2) is 0 Å². The summed E-state index contributed by atoms with van der Waals surface area (Å²) in [6, 6.07) is 3.62. The smallest absolute Gasteiger partial charge is 0.354 e. The summed E-state index contributed by atoms with van der Waals surface area (Å²) >= 11 is 0. The molecule has 5 nitrogen and oxygen atoms in total. The van der Waals surface area contributed by atoms with E-state index in [1.807, 2.05) is 6.07 Å². The van der Waals surface area contributed by atoms with Crippen molar-refractivity contribution in [3.8, 4) is 0 Å². The van der Waals surface area contributed by atoms with Crippen LogP contribution in [0.5, 0.6) is 0 Å². The van der Waals surface area contributed by atoms with E-state index in [1.165, 1.54) is 7.11 Å². The summed E-state index contributed by atoms with van der Waals surface area (Å²) < 4.78 is 10.3. The normalized spacial score (nSPS) is 23.2. The Labute approximate surface area is 107 Å². The number of nitrogens with one attached hydrogen (secondary N) is 2. The molecule has 18 heavy (non-hydrogen) atoms. The molecule has 1 atom stereocenters. The molecule has 5 heteroatoms. The van der Waals surface area contributed by atoms with E-state index in [0.29, 0.717) is 12.2 Å². The van der Waals surface area contributed by atoms with Gasteiger partial charge in [0.05, 0.1) is 12.7 Å². The molecule has 0 aliphatic carbocycles. The SMILES string of the molecule is COC(=O)c1ccc(CNCC2(C)CCCO2)[nH]1. The van der Waals surface area contributed by atoms with Crippen LogP contribution in [0.15, 0.2) is 12.1 Å². The van der Waals surface area contributed by atoms with E-state index in [-0.39, 0.29) is 11.6 Å². The number of hydrogen-bond donors (Lipinski definition) is 2. The predicted molar refractivity (Wildman–Crippen MR) is 67.4 cm³/mol. The Morgan fingerprint density at radius 1 is 1.61 bits per heavy atom. The van der Waals surface area contributed by atoms with Gasteiger partial charge in [-0.15, -0.1) is 0 Å². The van der Waals surface area contributed by atoms with Crippen molar-refractivity contribution in [1.82, 2.24) is 10.3 Å². The number of ether oxygens (including phenoxy) is 2. The molecule has 1 aromatic rings. The number of aromatic nitrogens is 1. The van der Waals surface area contributed by atoms with Gasteiger partial charge in [-0.2, -0.15) is 0 Å². The maximum Gasteiger partial charge on any atom is 0.354 e. The lowest BCUT2D eigenvalue weighted by molar-refractivity contribution is 0.0206. The number of carbonyl (C=O) groups is 1. The molecule has 0 amide bonds. The van der Waals surface area contributed by atoms with Crippen LogP contribution in [0.25, 0.3) is 0 Å². The molecular formula is C13H20N2O3. The summed E-state index contributed by atoms with van der Waals surface area (Å²) in [5.74, 6) is -0.340. The van der Waals surface area contributed by atoms with E-state index < -0.39 is 0 Å². The average molecular weight is 252 g/mol. The van der Waals surface area contributed by atoms with E-state index in [9.17, 15) is 4.79 Å². The van der Waals surface area contributed by atoms with E-state index in [2.05, 4.69) is 22.0 Å². The quantitative estimate of drug-likeness (QED) is 0.779. The molecular weight excluding hydrogens is 232 g/mol. The van der Waals surface area contributed by atoms with Crippen molar-refractivity contribution in [3.05, 3.63) is 23.5 Å². The Balaban J connectivity index is 1.80. The van der Waals surface area contributed by atoms with Gasteiger partial charge < -0.3 is 19.8 Å². The fourth-order valence-electron chi connectivity index (χ4n) is 2.21. The minimum atomic E-state index is -0.340. The number of esters is 1. The molecule has 0 saturated carbocycles. The van der Waals surface area contributed by atoms with Crippen molar-refractivity contribution >= 4 is 5.97 Å². The highest BCUT2D eigenvalue weighted by atomic mass is 16.5. The Bertz CT molecular complexity index is 408. The van der Waals surface area contributed by atoms with Crippen LogP contribution < -0.4 is 5.32 Å². The van der Waals surface area contributed by atoms with E-state index in [4.69, 9.17) is 4.74 Å². The van der Waals surface area contributed by atoms with Crippen LogP contribution in [0.1, 0.15) is 35.9 Å². The van der Waals surface area contributed by atoms with Crippen LogP contribution >= 0.6 is 0 Å². The number of hydrogen-bond acceptors (Lipinski definition) is 4. The van der Waals surface area contributed by atoms with Crippen molar-refractivity contribution in [3.63, 3.8) is 0 Å². The third-order valence-corrected chi connectivity index (χ3v) is 3.27. The fraction of sp³-hybridized carbons (Fsp3) is 0.615. The number of aromatic amines is 1. The monoisotopic (exact) mass is 252 g/mol. The predicted octanol–water partition coefficient (Wildman–Crippen LogP) is 1.46. The molecule has 1 fully saturated rings. The Hall–Kier alpha value is -1.33. The lowest BCUT2D eigenvalue weighted by Crippen LogP contribution is -2.36. The van der Waals surface area contributed by atoms with Crippen molar-refractivity contribution < 1.29 is 14.3 Å². The second kappa shape index (κ2) is 5.54. The van der Waals surface area contributed by atoms with Gasteiger partial charge >= 0.3 is 5.97 Å². The maximum atomic E-state index is 11.3. The molecule has 100 valence electrons. The van der Waals surface area contributed by atoms with Crippen molar-refractivity contribution in [1.29, 1.82) is 0 Å². The Kier molecular flexibility index (Phi) is 4.04. The lowest BCUT2D eigenvalue weighted by Gasteiger charge is -2.23. The van der Waals surface area contributed by atoms with Crippen LogP contribution in [-0.2, 0) is 16.0 Å². The van der Waals surface area contributed by atoms with Crippen LogP contribution in [-0.4, -0.2) is 36.8 Å². The van der Waals surface area contributed by atoms with Crippen molar-refractivity contribution in [2.24, 2.45) is 0 Å². The first-order valence-electron chi connectivity index (χ1n) is 6.24. The topological polar surface area (TPSA) is 63.4 Å². The third-order valence-electron chi connectivity index (χ3n) is 3.27. The molecule has 2 heterocycles. The first-order valence-corrected chi connectivity index (χ1v) is 6.24. The molecule has 1 unspecified atom stereocenters. The zero-order valence-corrected chi connectivity index (χ0v) is 10.9. The molecule has 2 N–H and O–H groups in total. The Morgan fingerprint density at radius 2 is 2.44 bits per heavy atom. The summed E-state index contributed by atoms with van der Waals surface area (Å²) in [6.45, 7) is 4.49. The number of methoxy groups -OCH3 is 1. The van der Waals surface area contributed by atoms with Crippen LogP contribution in [0.2, 0.25) is 0 Å². The van der Waals surface area contributed by atoms with Crippen molar-refractivity contribution in [2.75, 3.05) is 20.3 Å². The summed E-state index contributed by atoms with van der Waals surface area (Å²) in [4.78, 5) is 14.3. The van der Waals surface area contributed by atoms with Gasteiger partial charge in [-0.1, -0.05) is 0 Å². The molecule has 0 aromatic carbocycles. The van der Waals surface area contributed by atoms with E-state index in [0.717, 1.165) is 31.7 Å². The minimum Gasteiger partial charge on any atom is -0.464 e. The molecule has 0 spiro atoms. The first kappa shape index (κ1) is 13.1. The number of rotatable bonds is 5. The van der Waals surface area contributed by atoms with Crippen molar-refractivity contribution in [2.45, 2.75) is 31.9 Å². The lowest BCUT2D eigenvalue weighted by atomic mass is 10.0. The highest BCUT2D eigenvalue weighted by molar-refractivity contribution is 5.87. The fourth-order valence-corrected chi connectivity index (χ4v) is 2.21. The largest absolute Gasteiger partial charge is 0.464 e. The van der Waals surface area contributed by atoms with Crippen LogP contribution in [0, 0.1) is 0 Å². The Morgan fingerprint density at radius 3 is 3.11 bits per heavy atom. The first-order chi connectivity index (χ1) is 8.63. The molecule has 0 bridgehead atoms. The van der Waals surface area contributed by atoms with E-state index in [1.54, 1.807) is 6.07 Å². The van der Waals surface area contributed by atoms with Crippen LogP contribution in [0.4, 0.5) is 0 Å². The second-order valence-electron chi connectivity index (χ2n) is 4.89. The number of H-pyrrole nitrogens is 1. The van der Waals surface area contributed by atoms with Gasteiger partial charge in [-0.3, -0.25) is 0 Å². The minimum absolute atomic E-state index is 0.0439. The summed E-state index contributed by atoms with van der Waals surface area (Å²) in [5, 5.41) is 3.35. The summed E-state index contributed by atoms with van der Waals surface area (Å²) in [6.07, 6.45) is 2.23. The zero-order valence-electron chi connectivity index (χ0n) is 10.9. The number of carbonyl (C=O) groups excluding carboxylic acids is 1. The highest BCUT2D eigenvalue weighted by Crippen LogP contribution is 2.23. The molecule has 0 radical (unpaired) electrons. The summed E-state index contributed by atoms with van der Waals surface area (Å²) in [5.41, 5.74) is 1.41. The van der Waals surface area contributed by atoms with E-state index >= 15 is 0 Å². The van der Waals surface area contributed by atoms with Gasteiger partial charge in [0, 0.05) is 25.4 Å². The molecule has 1 aromatic heterocycles. The molecule has 1 saturated heterocycles. The van der Waals surface area contributed by atoms with Gasteiger partial charge in [0.1, 0.15) is 5.69 Å². The van der Waals surface area contributed by atoms with Gasteiger partial charge in [-0.25, -0.2) is 4.79 Å². The highest BCUT2D eigenvalue weighted by Gasteiger charge is 2.28. The zero-order chi connectivity index (χ0) is 13.0. The third kappa shape index (κ3) is 3.11. The molecule has 2 rings (SSSR count). The van der Waals surface area contributed by atoms with Crippen LogP contribution in [0.3, 0.4) is 0 Å². The maximum absolute atomic E-state index is 11.3. The van der Waals surface area contributed by atoms with Gasteiger partial charge in [0.25, 0.3) is 0 Å². The van der Waals surface area contributed by atoms with Gasteiger partial charge in [0.2, 0.25) is 0 Å². The summed E-state index contributed by atoms with van der Waals surface area (Å²) in [7, 11) is 1.37.